The first-order valence-corrected chi connectivity index (χ1v) is 7.55. The second-order valence-electron chi connectivity index (χ2n) is 6.15. The number of rotatable bonds is 3. The first kappa shape index (κ1) is 13.0. The molecular formula is C16H20ClNO. The lowest BCUT2D eigenvalue weighted by Crippen LogP contribution is -2.20. The molecule has 1 N–H and O–H groups in total. The van der Waals surface area contributed by atoms with E-state index in [0.29, 0.717) is 17.4 Å². The van der Waals surface area contributed by atoms with Crippen molar-refractivity contribution in [1.29, 1.82) is 0 Å². The number of nitrogens with one attached hydrogen (secondary N) is 1. The van der Waals surface area contributed by atoms with Crippen LogP contribution in [0, 0.1) is 24.7 Å². The molecule has 0 heterocycles. The molecule has 0 saturated heterocycles. The van der Waals surface area contributed by atoms with Crippen LogP contribution in [0.4, 0.5) is 5.69 Å². The van der Waals surface area contributed by atoms with E-state index in [1.165, 1.54) is 25.7 Å². The van der Waals surface area contributed by atoms with Gasteiger partial charge in [-0.3, -0.25) is 4.79 Å². The topological polar surface area (TPSA) is 29.1 Å². The molecule has 3 rings (SSSR count). The summed E-state index contributed by atoms with van der Waals surface area (Å²) >= 11 is 5.97. The van der Waals surface area contributed by atoms with Crippen molar-refractivity contribution in [1.82, 2.24) is 0 Å². The lowest BCUT2D eigenvalue weighted by Gasteiger charge is -2.21. The third kappa shape index (κ3) is 2.79. The second-order valence-corrected chi connectivity index (χ2v) is 6.58. The van der Waals surface area contributed by atoms with Crippen LogP contribution >= 0.6 is 11.6 Å². The van der Waals surface area contributed by atoms with E-state index in [2.05, 4.69) is 5.32 Å². The van der Waals surface area contributed by atoms with E-state index in [4.69, 9.17) is 11.6 Å². The van der Waals surface area contributed by atoms with Crippen LogP contribution in [0.25, 0.3) is 0 Å². The van der Waals surface area contributed by atoms with Gasteiger partial charge in [-0.05, 0) is 61.6 Å². The minimum absolute atomic E-state index is 0.142. The predicted octanol–water partition coefficient (Wildman–Crippen LogP) is 4.41. The van der Waals surface area contributed by atoms with Crippen LogP contribution in [-0.2, 0) is 4.79 Å². The predicted molar refractivity (Wildman–Crippen MR) is 78.4 cm³/mol. The van der Waals surface area contributed by atoms with Gasteiger partial charge in [0.1, 0.15) is 0 Å². The SMILES string of the molecule is Cc1ccc(Cl)cc1NC(=O)C[C@@H]1C[C@H]2CC[C@@H]1C2. The van der Waals surface area contributed by atoms with Crippen molar-refractivity contribution in [3.05, 3.63) is 28.8 Å². The van der Waals surface area contributed by atoms with Crippen molar-refractivity contribution in [2.75, 3.05) is 5.32 Å². The normalized spacial score (nSPS) is 28.6. The molecule has 1 aromatic rings. The fourth-order valence-electron chi connectivity index (χ4n) is 3.79. The zero-order valence-corrected chi connectivity index (χ0v) is 12.0. The number of benzene rings is 1. The van der Waals surface area contributed by atoms with E-state index in [9.17, 15) is 4.79 Å². The Kier molecular flexibility index (Phi) is 3.53. The quantitative estimate of drug-likeness (QED) is 0.871. The lowest BCUT2D eigenvalue weighted by atomic mass is 9.86. The first-order chi connectivity index (χ1) is 9.11. The molecule has 2 saturated carbocycles. The monoisotopic (exact) mass is 277 g/mol. The van der Waals surface area contributed by atoms with Gasteiger partial charge < -0.3 is 5.32 Å². The molecule has 2 bridgehead atoms. The van der Waals surface area contributed by atoms with Gasteiger partial charge in [-0.25, -0.2) is 0 Å². The van der Waals surface area contributed by atoms with Gasteiger partial charge >= 0.3 is 0 Å². The van der Waals surface area contributed by atoms with E-state index in [-0.39, 0.29) is 5.91 Å². The van der Waals surface area contributed by atoms with Crippen molar-refractivity contribution >= 4 is 23.2 Å². The maximum atomic E-state index is 12.2. The van der Waals surface area contributed by atoms with Crippen LogP contribution in [0.2, 0.25) is 5.02 Å². The van der Waals surface area contributed by atoms with Crippen LogP contribution in [0.5, 0.6) is 0 Å². The summed E-state index contributed by atoms with van der Waals surface area (Å²) in [5.74, 6) is 2.45. The zero-order valence-electron chi connectivity index (χ0n) is 11.3. The molecule has 2 aliphatic rings. The summed E-state index contributed by atoms with van der Waals surface area (Å²) in [7, 11) is 0. The summed E-state index contributed by atoms with van der Waals surface area (Å²) in [5.41, 5.74) is 1.91. The summed E-state index contributed by atoms with van der Waals surface area (Å²) in [4.78, 5) is 12.2. The van der Waals surface area contributed by atoms with E-state index >= 15 is 0 Å². The van der Waals surface area contributed by atoms with E-state index in [1.807, 2.05) is 25.1 Å². The second kappa shape index (κ2) is 5.16. The number of carbonyl (C=O) groups excluding carboxylic acids is 1. The molecule has 0 unspecified atom stereocenters. The molecule has 1 aromatic carbocycles. The molecule has 0 radical (unpaired) electrons. The number of hydrogen-bond donors (Lipinski definition) is 1. The summed E-state index contributed by atoms with van der Waals surface area (Å²) in [6.07, 6.45) is 6.00. The summed E-state index contributed by atoms with van der Waals surface area (Å²) in [6, 6.07) is 5.62. The Morgan fingerprint density at radius 1 is 1.37 bits per heavy atom. The average Bonchev–Trinajstić information content (AvgIpc) is 2.96. The zero-order chi connectivity index (χ0) is 13.4. The minimum Gasteiger partial charge on any atom is -0.326 e. The summed E-state index contributed by atoms with van der Waals surface area (Å²) in [6.45, 7) is 1.99. The molecule has 19 heavy (non-hydrogen) atoms. The largest absolute Gasteiger partial charge is 0.326 e. The maximum Gasteiger partial charge on any atom is 0.224 e. The lowest BCUT2D eigenvalue weighted by molar-refractivity contribution is -0.117. The molecule has 3 heteroatoms. The summed E-state index contributed by atoms with van der Waals surface area (Å²) in [5, 5.41) is 3.68. The van der Waals surface area contributed by atoms with Crippen molar-refractivity contribution in [3.8, 4) is 0 Å². The molecule has 2 aliphatic carbocycles. The molecule has 0 aromatic heterocycles. The summed E-state index contributed by atoms with van der Waals surface area (Å²) < 4.78 is 0. The Labute approximate surface area is 119 Å². The van der Waals surface area contributed by atoms with E-state index in [1.54, 1.807) is 0 Å². The molecule has 1 amide bonds. The molecule has 0 spiro atoms. The fourth-order valence-corrected chi connectivity index (χ4v) is 3.97. The maximum absolute atomic E-state index is 12.2. The highest BCUT2D eigenvalue weighted by Crippen LogP contribution is 2.49. The van der Waals surface area contributed by atoms with Crippen LogP contribution < -0.4 is 5.32 Å². The van der Waals surface area contributed by atoms with Gasteiger partial charge in [-0.15, -0.1) is 0 Å². The van der Waals surface area contributed by atoms with Gasteiger partial charge in [0.15, 0.2) is 0 Å². The first-order valence-electron chi connectivity index (χ1n) is 7.18. The third-order valence-corrected chi connectivity index (χ3v) is 5.04. The third-order valence-electron chi connectivity index (χ3n) is 4.81. The smallest absolute Gasteiger partial charge is 0.224 e. The Hall–Kier alpha value is -1.02. The van der Waals surface area contributed by atoms with Crippen molar-refractivity contribution in [2.24, 2.45) is 17.8 Å². The Bertz CT molecular complexity index is 500. The number of amides is 1. The van der Waals surface area contributed by atoms with Crippen molar-refractivity contribution in [2.45, 2.75) is 39.0 Å². The standard InChI is InChI=1S/C16H20ClNO/c1-10-2-5-14(17)9-15(10)18-16(19)8-13-7-11-3-4-12(13)6-11/h2,5,9,11-13H,3-4,6-8H2,1H3,(H,18,19)/t11-,12+,13-/m0/s1. The van der Waals surface area contributed by atoms with E-state index in [0.717, 1.165) is 23.1 Å². The number of hydrogen-bond acceptors (Lipinski definition) is 1. The highest BCUT2D eigenvalue weighted by atomic mass is 35.5. The molecule has 0 aliphatic heterocycles. The highest BCUT2D eigenvalue weighted by Gasteiger charge is 2.40. The van der Waals surface area contributed by atoms with Gasteiger partial charge in [-0.2, -0.15) is 0 Å². The van der Waals surface area contributed by atoms with Crippen LogP contribution in [-0.4, -0.2) is 5.91 Å². The molecule has 3 atom stereocenters. The van der Waals surface area contributed by atoms with Gasteiger partial charge in [0.2, 0.25) is 5.91 Å². The van der Waals surface area contributed by atoms with Crippen LogP contribution in [0.3, 0.4) is 0 Å². The Balaban J connectivity index is 1.61. The minimum atomic E-state index is 0.142. The van der Waals surface area contributed by atoms with Crippen LogP contribution in [0.1, 0.15) is 37.7 Å². The number of aryl methyl sites for hydroxylation is 1. The van der Waals surface area contributed by atoms with Gasteiger partial charge in [0.25, 0.3) is 0 Å². The van der Waals surface area contributed by atoms with E-state index < -0.39 is 0 Å². The van der Waals surface area contributed by atoms with Gasteiger partial charge in [0.05, 0.1) is 0 Å². The van der Waals surface area contributed by atoms with Gasteiger partial charge in [0, 0.05) is 17.1 Å². The van der Waals surface area contributed by atoms with Crippen molar-refractivity contribution in [3.63, 3.8) is 0 Å². The number of anilines is 1. The van der Waals surface area contributed by atoms with Crippen molar-refractivity contribution < 1.29 is 4.79 Å². The Morgan fingerprint density at radius 2 is 2.21 bits per heavy atom. The number of fused-ring (bicyclic) bond motifs is 2. The fraction of sp³-hybridized carbons (Fsp3) is 0.562. The molecule has 2 fully saturated rings. The molecular weight excluding hydrogens is 258 g/mol. The molecule has 102 valence electrons. The van der Waals surface area contributed by atoms with Crippen LogP contribution in [0.15, 0.2) is 18.2 Å². The average molecular weight is 278 g/mol. The highest BCUT2D eigenvalue weighted by molar-refractivity contribution is 6.31. The Morgan fingerprint density at radius 3 is 2.89 bits per heavy atom. The number of halogens is 1. The number of carbonyl (C=O) groups is 1. The van der Waals surface area contributed by atoms with Gasteiger partial charge in [-0.1, -0.05) is 24.1 Å². The molecule has 2 nitrogen and oxygen atoms in total.